The number of hydrogen-bond donors (Lipinski definition) is 17. The Morgan fingerprint density at radius 1 is 0.496 bits per heavy atom. The molecule has 44 heteroatoms. The van der Waals surface area contributed by atoms with E-state index in [1.807, 2.05) is 0 Å². The molecular weight excluding hydrogens is 1790 g/mol. The van der Waals surface area contributed by atoms with Gasteiger partial charge in [0.05, 0.1) is 37.3 Å². The molecule has 3 aliphatic rings. The maximum Gasteiger partial charge on any atom is 0.305 e. The fourth-order valence-electron chi connectivity index (χ4n) is 16.2. The van der Waals surface area contributed by atoms with Crippen LogP contribution in [0.4, 0.5) is 13.2 Å². The molecule has 9 rings (SSSR count). The first kappa shape index (κ1) is 105. The zero-order chi connectivity index (χ0) is 98.9. The van der Waals surface area contributed by atoms with Crippen molar-refractivity contribution in [3.63, 3.8) is 0 Å². The Labute approximate surface area is 776 Å². The average Bonchev–Trinajstić information content (AvgIpc) is 1.68. The molecule has 5 aromatic carbocycles. The number of nitrogens with one attached hydrogen (secondary N) is 10. The first-order chi connectivity index (χ1) is 64.0. The Balaban J connectivity index is 1.15. The lowest BCUT2D eigenvalue weighted by Gasteiger charge is -2.38. The van der Waals surface area contributed by atoms with Gasteiger partial charge in [0, 0.05) is 108 Å². The van der Waals surface area contributed by atoms with Gasteiger partial charge in [-0.1, -0.05) is 125 Å². The molecule has 0 bridgehead atoms. The number of para-hydroxylation sites is 1. The van der Waals surface area contributed by atoms with Gasteiger partial charge in [0.1, 0.15) is 84.3 Å². The second-order valence-corrected chi connectivity index (χ2v) is 34.8. The van der Waals surface area contributed by atoms with Crippen LogP contribution < -0.4 is 53.6 Å². The van der Waals surface area contributed by atoms with Crippen molar-refractivity contribution in [2.24, 2.45) is 11.7 Å². The van der Waals surface area contributed by atoms with Crippen LogP contribution in [0.25, 0.3) is 10.9 Å². The quantitative estimate of drug-likeness (QED) is 0.0326. The van der Waals surface area contributed by atoms with Crippen LogP contribution in [0, 0.1) is 23.4 Å². The lowest BCUT2D eigenvalue weighted by atomic mass is 9.98. The normalized spacial score (nSPS) is 24.4. The standard InChI is InChI=1S/C91H111F3N16O24S/c1-7-8-23-67-90(133)110-44-55(113)38-70(110)86(129)103-64(40-76(120)121)83(126)105-78(47(2)3)91(134)107(5)68(34-48-17-11-9-12-18-48)84(127)99-60(28-29-74(116)117)88(131)109-43-54(112)37-69(109)85(128)102-62(36-52-41-96-59-22-16-15-21-56(52)59)81(124)100-61(32-50-24-26-53(111)27-25-50)80(123)101-63(39-75(118)119)82(125)104-66(79(122)97-42-72(95)114)45-135-46-73(115)98-65(33-51-30-57(92)77(94)58(93)31-51)87(130)108(6)71(89(132)106(67)4)35-49-19-13-10-14-20-49/h9-22,24-27,30-31,41,47,54-55,60-71,78,96,111-113H,7-8,23,28-29,32-40,42-46H2,1-6H3,(H2,95,114)(H,97,122)(H,98,115)(H,99,127)(H,100,124)(H,101,123)(H,102,128)(H,103,129)(H,104,125)(H,105,126)(H,116,117)(H,118,119)(H,120,121)/t54-,55-,60+,61+,62+,63+,64+,65+,66+,67+,68+,69+,70-,71+,78+/m1/s1. The van der Waals surface area contributed by atoms with E-state index in [1.54, 1.807) is 91.9 Å². The number of benzene rings is 5. The minimum atomic E-state index is -2.22. The van der Waals surface area contributed by atoms with Crippen LogP contribution in [0.5, 0.6) is 5.75 Å². The minimum Gasteiger partial charge on any atom is -0.508 e. The van der Waals surface area contributed by atoms with Gasteiger partial charge in [-0.25, -0.2) is 13.2 Å². The predicted octanol–water partition coefficient (Wildman–Crippen LogP) is -0.904. The number of aromatic nitrogens is 1. The van der Waals surface area contributed by atoms with Gasteiger partial charge < -0.3 is 114 Å². The molecule has 135 heavy (non-hydrogen) atoms. The number of H-pyrrole nitrogens is 1. The van der Waals surface area contributed by atoms with E-state index in [-0.39, 0.29) is 37.0 Å². The minimum absolute atomic E-state index is 0.174. The molecule has 0 spiro atoms. The maximum atomic E-state index is 15.7. The second-order valence-electron chi connectivity index (χ2n) is 33.8. The molecule has 0 aliphatic carbocycles. The Kier molecular flexibility index (Phi) is 37.7. The molecule has 40 nitrogen and oxygen atoms in total. The van der Waals surface area contributed by atoms with E-state index in [0.29, 0.717) is 57.9 Å². The van der Waals surface area contributed by atoms with Gasteiger partial charge in [-0.3, -0.25) is 86.3 Å². The number of carbonyl (C=O) groups excluding carboxylic acids is 15. The molecule has 726 valence electrons. The molecule has 15 amide bonds. The van der Waals surface area contributed by atoms with E-state index in [2.05, 4.69) is 52.8 Å². The number of hydrogen-bond acceptors (Lipinski definition) is 22. The first-order valence-electron chi connectivity index (χ1n) is 43.5. The van der Waals surface area contributed by atoms with Crippen LogP contribution in [0.2, 0.25) is 0 Å². The number of halogens is 3. The maximum absolute atomic E-state index is 15.7. The number of nitrogens with two attached hydrogens (primary N) is 1. The van der Waals surface area contributed by atoms with E-state index < -0.39 is 315 Å². The van der Waals surface area contributed by atoms with Crippen LogP contribution >= 0.6 is 11.8 Å². The smallest absolute Gasteiger partial charge is 0.305 e. The number of amides is 15. The summed E-state index contributed by atoms with van der Waals surface area (Å²) >= 11 is 0.523. The van der Waals surface area contributed by atoms with Crippen molar-refractivity contribution in [2.75, 3.05) is 52.3 Å². The third-order valence-corrected chi connectivity index (χ3v) is 24.4. The highest BCUT2D eigenvalue weighted by Gasteiger charge is 2.49. The number of aliphatic hydroxyl groups is 2. The number of phenolic OH excluding ortho intramolecular Hbond substituents is 1. The number of thioether (sulfide) groups is 1. The van der Waals surface area contributed by atoms with Crippen LogP contribution in [-0.4, -0.2) is 310 Å². The van der Waals surface area contributed by atoms with E-state index in [0.717, 1.165) is 38.6 Å². The molecule has 0 unspecified atom stereocenters. The van der Waals surface area contributed by atoms with Crippen LogP contribution in [0.15, 0.2) is 128 Å². The van der Waals surface area contributed by atoms with Gasteiger partial charge >= 0.3 is 17.9 Å². The van der Waals surface area contributed by atoms with Crippen molar-refractivity contribution >= 4 is 129 Å². The number of fused-ring (bicyclic) bond motifs is 3. The highest BCUT2D eigenvalue weighted by atomic mass is 32.2. The van der Waals surface area contributed by atoms with E-state index in [1.165, 1.54) is 51.4 Å². The Morgan fingerprint density at radius 3 is 1.53 bits per heavy atom. The number of carboxylic acid groups (broad SMARTS) is 3. The molecule has 3 aliphatic heterocycles. The number of likely N-dealkylation sites (N-methyl/N-ethyl adjacent to an activating group) is 3. The highest BCUT2D eigenvalue weighted by Crippen LogP contribution is 2.29. The van der Waals surface area contributed by atoms with E-state index in [4.69, 9.17) is 5.73 Å². The van der Waals surface area contributed by atoms with Gasteiger partial charge in [-0.15, -0.1) is 11.8 Å². The molecule has 0 radical (unpaired) electrons. The van der Waals surface area contributed by atoms with Crippen LogP contribution in [0.3, 0.4) is 0 Å². The Morgan fingerprint density at radius 2 is 0.978 bits per heavy atom. The Bertz CT molecular complexity index is 5330. The molecule has 15 atom stereocenters. The summed E-state index contributed by atoms with van der Waals surface area (Å²) in [5, 5.41) is 86.3. The summed E-state index contributed by atoms with van der Waals surface area (Å²) < 4.78 is 45.0. The third kappa shape index (κ3) is 29.0. The van der Waals surface area contributed by atoms with Crippen LogP contribution in [-0.2, 0) is 118 Å². The first-order valence-corrected chi connectivity index (χ1v) is 44.7. The van der Waals surface area contributed by atoms with Gasteiger partial charge in [-0.2, -0.15) is 0 Å². The zero-order valence-electron chi connectivity index (χ0n) is 74.7. The number of rotatable bonds is 24. The van der Waals surface area contributed by atoms with Gasteiger partial charge in [0.2, 0.25) is 88.6 Å². The van der Waals surface area contributed by atoms with Crippen molar-refractivity contribution in [3.05, 3.63) is 173 Å². The molecule has 3 saturated heterocycles. The Hall–Kier alpha value is -14.0. The molecule has 4 heterocycles. The topological polar surface area (TPSA) is 595 Å². The number of aliphatic carboxylic acids is 3. The summed E-state index contributed by atoms with van der Waals surface area (Å²) in [7, 11) is 3.46. The zero-order valence-corrected chi connectivity index (χ0v) is 75.5. The molecule has 3 fully saturated rings. The van der Waals surface area contributed by atoms with Gasteiger partial charge in [0.25, 0.3) is 0 Å². The highest BCUT2D eigenvalue weighted by molar-refractivity contribution is 8.00. The number of nitrogens with zero attached hydrogens (tertiary/aromatic N) is 5. The van der Waals surface area contributed by atoms with E-state index in [9.17, 15) is 78.2 Å². The van der Waals surface area contributed by atoms with Crippen molar-refractivity contribution in [3.8, 4) is 5.75 Å². The number of carboxylic acids is 3. The number of aromatic amines is 1. The summed E-state index contributed by atoms with van der Waals surface area (Å²) in [6, 6.07) is 4.60. The van der Waals surface area contributed by atoms with Gasteiger partial charge in [-0.05, 0) is 76.9 Å². The number of unbranched alkanes of at least 4 members (excludes halogenated alkanes) is 1. The average molecular weight is 1900 g/mol. The fraction of sp³-hybridized carbons (Fsp3) is 0.451. The number of primary amides is 1. The van der Waals surface area contributed by atoms with E-state index >= 15 is 51.9 Å². The van der Waals surface area contributed by atoms with Crippen molar-refractivity contribution in [1.82, 2.24) is 77.3 Å². The number of phenols is 1. The molecule has 6 aromatic rings. The van der Waals surface area contributed by atoms with Crippen molar-refractivity contribution in [2.45, 2.75) is 201 Å². The van der Waals surface area contributed by atoms with Crippen molar-refractivity contribution < 1.29 is 130 Å². The van der Waals surface area contributed by atoms with Gasteiger partial charge in [0.15, 0.2) is 17.5 Å². The molecule has 18 N–H and O–H groups in total. The van der Waals surface area contributed by atoms with Crippen molar-refractivity contribution in [1.29, 1.82) is 0 Å². The number of aromatic hydroxyl groups is 1. The summed E-state index contributed by atoms with van der Waals surface area (Å²) in [6.45, 7) is 2.51. The fourth-order valence-corrected chi connectivity index (χ4v) is 17.0. The lowest BCUT2D eigenvalue weighted by Crippen LogP contribution is -2.62. The summed E-state index contributed by atoms with van der Waals surface area (Å²) in [4.78, 5) is 269. The lowest BCUT2D eigenvalue weighted by molar-refractivity contribution is -0.152. The number of aliphatic hydroxyl groups excluding tert-OH is 2. The SMILES string of the molecule is CCCC[C@H]1C(=O)N2C[C@H](O)C[C@@H]2C(=O)N[C@@H](CC(=O)O)C(=O)N[C@@H](C(C)C)C(=O)N(C)[C@@H](Cc2ccccc2)C(=O)N[C@@H](CCC(=O)O)C(=O)N2C[C@H](O)C[C@H]2C(=O)N[C@@H](Cc2c[nH]c3ccccc23)C(=O)N[C@@H](Cc2ccc(O)cc2)C(=O)N[C@@H](CC(=O)O)C(=O)N[C@H](C(=O)NCC(N)=O)CSCC(=O)N[C@@H](Cc2cc(F)c(F)c(F)c2)C(=O)N(C)[C@@H](Cc2ccccc2)C(=O)N1C. The predicted molar refractivity (Wildman–Crippen MR) is 477 cm³/mol. The molecule has 1 aromatic heterocycles. The second kappa shape index (κ2) is 48.6. The monoisotopic (exact) mass is 1900 g/mol. The van der Waals surface area contributed by atoms with Crippen LogP contribution in [0.1, 0.15) is 106 Å². The largest absolute Gasteiger partial charge is 0.508 e. The number of carbonyl (C=O) groups is 18. The molecule has 0 saturated carbocycles. The summed E-state index contributed by atoms with van der Waals surface area (Å²) in [5.74, 6) is -30.6. The summed E-state index contributed by atoms with van der Waals surface area (Å²) in [5.41, 5.74) is 6.77. The summed E-state index contributed by atoms with van der Waals surface area (Å²) in [6.07, 6.45) is -8.88. The molecular formula is C91H111F3N16O24S. The third-order valence-electron chi connectivity index (χ3n) is 23.4.